The van der Waals surface area contributed by atoms with E-state index in [4.69, 9.17) is 32.3 Å². The summed E-state index contributed by atoms with van der Waals surface area (Å²) in [4.78, 5) is 48.9. The molecular weight excluding hydrogens is 1160 g/mol. The molecule has 5 aromatic carbocycles. The fraction of sp³-hybridized carbons (Fsp3) is 0.370. The van der Waals surface area contributed by atoms with Gasteiger partial charge in [0.1, 0.15) is 11.6 Å². The number of rotatable bonds is 13. The second kappa shape index (κ2) is 36.5. The number of halogens is 2. The largest absolute Gasteiger partial charge is 1.00 e. The third-order valence-electron chi connectivity index (χ3n) is 12.5. The van der Waals surface area contributed by atoms with Crippen molar-refractivity contribution < 1.29 is 164 Å². The maximum atomic E-state index is 13.6. The molecule has 17 nitrogen and oxygen atoms in total. The van der Waals surface area contributed by atoms with Crippen LogP contribution in [0.3, 0.4) is 0 Å². The van der Waals surface area contributed by atoms with Crippen molar-refractivity contribution in [1.82, 2.24) is 13.9 Å². The van der Waals surface area contributed by atoms with Gasteiger partial charge in [0.2, 0.25) is 20.0 Å². The summed E-state index contributed by atoms with van der Waals surface area (Å²) in [5.74, 6) is 0.311. The van der Waals surface area contributed by atoms with Crippen LogP contribution in [0.15, 0.2) is 136 Å². The maximum absolute atomic E-state index is 13.6. The quantitative estimate of drug-likeness (QED) is 0.0553. The predicted octanol–water partition coefficient (Wildman–Crippen LogP) is 1.17. The van der Waals surface area contributed by atoms with E-state index in [0.29, 0.717) is 78.8 Å². The number of ketones is 2. The third-order valence-corrected chi connectivity index (χ3v) is 18.1. The standard InChI is InChI=1S/C27H29ClN2O4S.C13H17NO3S.C8H9ClO2S.C5H9NO.CH2O3.2K.H/c1-2-20-9-13-24(14-10-20)35(33,34)29-17-15-23(16-18-29)30(22-11-7-21(19-31)8-12-22)27(32)25-5-3-4-6-26(25)28;1-2-11-3-5-13(6-4-11)18(16,17)14-9-7-12(15)8-10-14;1-2-7-3-5-8(6-4-7)12(9,10)11;7-5-1-3-6-4-2-5;2-1-4-3;;;/h3-14,23,31H,2,15-19H2,1H3;3-6H,2,7-10H2,1H3;3-6H,2H2,1H3;6H,1-4H2;1,3H;;;/q;;;;;2*+1;-1/p-1. The third kappa shape index (κ3) is 22.6. The Labute approximate surface area is 555 Å². The first-order chi connectivity index (χ1) is 36.2. The van der Waals surface area contributed by atoms with Gasteiger partial charge in [-0.2, -0.15) is 8.61 Å². The normalized spacial score (nSPS) is 15.0. The Bertz CT molecular complexity index is 3000. The van der Waals surface area contributed by atoms with Crippen LogP contribution < -0.4 is 118 Å². The van der Waals surface area contributed by atoms with Crippen LogP contribution in [0.4, 0.5) is 5.69 Å². The molecule has 0 radical (unpaired) electrons. The number of Topliss-reactive ketones (excluding diaryl/α,β-unsaturated/α-hetero) is 2. The molecule has 5 aromatic rings. The summed E-state index contributed by atoms with van der Waals surface area (Å²) in [5.41, 5.74) is 5.12. The van der Waals surface area contributed by atoms with Crippen LogP contribution >= 0.6 is 22.3 Å². The Morgan fingerprint density at radius 2 is 1.04 bits per heavy atom. The zero-order valence-electron chi connectivity index (χ0n) is 45.7. The Hall–Kier alpha value is -2.12. The molecule has 3 saturated heterocycles. The molecule has 0 spiro atoms. The first-order valence-electron chi connectivity index (χ1n) is 24.7. The van der Waals surface area contributed by atoms with E-state index in [0.717, 1.165) is 67.4 Å². The van der Waals surface area contributed by atoms with Crippen molar-refractivity contribution in [3.63, 3.8) is 0 Å². The number of aliphatic hydroxyl groups is 1. The molecule has 414 valence electrons. The van der Waals surface area contributed by atoms with Crippen LogP contribution in [-0.2, 0) is 74.2 Å². The van der Waals surface area contributed by atoms with Gasteiger partial charge >= 0.3 is 103 Å². The van der Waals surface area contributed by atoms with Gasteiger partial charge in [-0.1, -0.05) is 93.0 Å². The molecule has 0 atom stereocenters. The van der Waals surface area contributed by atoms with Crippen molar-refractivity contribution in [1.29, 1.82) is 0 Å². The predicted molar refractivity (Wildman–Crippen MR) is 291 cm³/mol. The number of aliphatic hydroxyl groups excluding tert-OH is 1. The fourth-order valence-electron chi connectivity index (χ4n) is 8.02. The summed E-state index contributed by atoms with van der Waals surface area (Å²) in [6.07, 6.45) is 5.73. The average molecular weight is 1220 g/mol. The van der Waals surface area contributed by atoms with Gasteiger partial charge in [0, 0.05) is 87.4 Å². The van der Waals surface area contributed by atoms with Crippen LogP contribution in [0, 0.1) is 0 Å². The van der Waals surface area contributed by atoms with Gasteiger partial charge in [0.25, 0.3) is 21.4 Å². The molecule has 2 N–H and O–H groups in total. The van der Waals surface area contributed by atoms with Crippen LogP contribution in [0.2, 0.25) is 5.02 Å². The first-order valence-corrected chi connectivity index (χ1v) is 30.3. The monoisotopic (exact) mass is 1220 g/mol. The smallest absolute Gasteiger partial charge is 1.00 e. The van der Waals surface area contributed by atoms with E-state index in [2.05, 4.69) is 10.2 Å². The molecule has 3 fully saturated rings. The molecule has 78 heavy (non-hydrogen) atoms. The Balaban J connectivity index is 0.000000589. The van der Waals surface area contributed by atoms with Crippen molar-refractivity contribution in [3.8, 4) is 0 Å². The Kier molecular flexibility index (Phi) is 33.6. The Morgan fingerprint density at radius 1 is 0.654 bits per heavy atom. The van der Waals surface area contributed by atoms with Gasteiger partial charge in [-0.15, -0.1) is 0 Å². The van der Waals surface area contributed by atoms with E-state index in [1.165, 1.54) is 20.7 Å². The van der Waals surface area contributed by atoms with Gasteiger partial charge in [-0.05, 0) is 115 Å². The summed E-state index contributed by atoms with van der Waals surface area (Å²) >= 11 is 6.34. The molecular formula is C54H66Cl2K2N4O13S3. The number of anilines is 1. The van der Waals surface area contributed by atoms with Crippen LogP contribution in [0.1, 0.15) is 93.3 Å². The van der Waals surface area contributed by atoms with Gasteiger partial charge in [0.15, 0.2) is 0 Å². The molecule has 0 aromatic heterocycles. The van der Waals surface area contributed by atoms with Gasteiger partial charge in [-0.25, -0.2) is 25.3 Å². The van der Waals surface area contributed by atoms with Gasteiger partial charge in [-0.3, -0.25) is 19.2 Å². The van der Waals surface area contributed by atoms with E-state index in [-0.39, 0.29) is 145 Å². The van der Waals surface area contributed by atoms with Crippen molar-refractivity contribution in [2.75, 3.05) is 44.2 Å². The van der Waals surface area contributed by atoms with Crippen LogP contribution in [-0.4, -0.2) is 108 Å². The minimum atomic E-state index is -3.61. The van der Waals surface area contributed by atoms with E-state index in [1.54, 1.807) is 89.8 Å². The van der Waals surface area contributed by atoms with Crippen molar-refractivity contribution in [2.24, 2.45) is 0 Å². The number of benzene rings is 5. The molecule has 0 saturated carbocycles. The molecule has 1 amide bonds. The second-order valence-electron chi connectivity index (χ2n) is 17.5. The van der Waals surface area contributed by atoms with Gasteiger partial charge in [0.05, 0.1) is 31.9 Å². The molecule has 8 rings (SSSR count). The molecule has 24 heteroatoms. The number of hydrogen-bond acceptors (Lipinski definition) is 14. The zero-order valence-corrected chi connectivity index (χ0v) is 54.9. The van der Waals surface area contributed by atoms with E-state index in [1.807, 2.05) is 45.0 Å². The van der Waals surface area contributed by atoms with Crippen molar-refractivity contribution in [2.45, 2.75) is 106 Å². The van der Waals surface area contributed by atoms with Crippen LogP contribution in [0.25, 0.3) is 0 Å². The number of aryl methyl sites for hydroxylation is 3. The fourth-order valence-corrected chi connectivity index (χ4v) is 11.9. The summed E-state index contributed by atoms with van der Waals surface area (Å²) in [6.45, 7) is 8.79. The minimum absolute atomic E-state index is 0. The van der Waals surface area contributed by atoms with E-state index < -0.39 is 29.1 Å². The molecule has 0 aliphatic carbocycles. The number of nitrogens with one attached hydrogen (secondary N) is 1. The molecule has 0 unspecified atom stereocenters. The number of hydrogen-bond donors (Lipinski definition) is 2. The SMILES string of the molecule is CCc1ccc(S(=O)(=O)Cl)cc1.CCc1ccc(S(=O)(=O)N2CCC(=O)CC2)cc1.CCc1ccc(S(=O)(=O)N2CCC(N(C(=O)c3ccccc3Cl)c3ccc(CO)cc3)CC2)cc1.O=C1CCNCC1.O=CO[O-].[H-].[K+].[K+]. The number of amides is 1. The molecule has 3 aliphatic heterocycles. The van der Waals surface area contributed by atoms with Crippen molar-refractivity contribution in [3.05, 3.63) is 154 Å². The van der Waals surface area contributed by atoms with E-state index >= 15 is 0 Å². The molecule has 3 aliphatic rings. The Morgan fingerprint density at radius 3 is 1.40 bits per heavy atom. The number of piperidine rings is 3. The summed E-state index contributed by atoms with van der Waals surface area (Å²) in [7, 11) is -5.47. The number of sulfonamides is 2. The molecule has 3 heterocycles. The average Bonchev–Trinajstić information content (AvgIpc) is 3.44. The zero-order chi connectivity index (χ0) is 55.9. The summed E-state index contributed by atoms with van der Waals surface area (Å²) < 4.78 is 75.5. The molecule has 0 bridgehead atoms. The summed E-state index contributed by atoms with van der Waals surface area (Å²) in [5, 5.41) is 21.3. The van der Waals surface area contributed by atoms with Gasteiger partial charge < -0.3 is 26.9 Å². The maximum Gasteiger partial charge on any atom is 1.00 e. The first kappa shape index (κ1) is 72.0. The number of carbonyl (C=O) groups excluding carboxylic acids is 4. The van der Waals surface area contributed by atoms with Crippen molar-refractivity contribution >= 4 is 81.0 Å². The topological polar surface area (TPSA) is 245 Å². The number of carbonyl (C=O) groups is 4. The summed E-state index contributed by atoms with van der Waals surface area (Å²) in [6, 6.07) is 34.4. The van der Waals surface area contributed by atoms with Crippen LogP contribution in [0.5, 0.6) is 0 Å². The number of nitrogens with zero attached hydrogens (tertiary/aromatic N) is 3. The second-order valence-corrected chi connectivity index (χ2v) is 24.3. The van der Waals surface area contributed by atoms with E-state index in [9.17, 15) is 44.7 Å². The minimum Gasteiger partial charge on any atom is -1.00 e.